The van der Waals surface area contributed by atoms with Gasteiger partial charge in [-0.05, 0) is 12.8 Å². The van der Waals surface area contributed by atoms with E-state index < -0.39 is 6.17 Å². The van der Waals surface area contributed by atoms with Gasteiger partial charge in [-0.1, -0.05) is 0 Å². The number of piperidine rings is 1. The molecule has 4 heteroatoms. The predicted molar refractivity (Wildman–Crippen MR) is 32.3 cm³/mol. The maximum atomic E-state index is 10.1. The molecule has 1 saturated heterocycles. The summed E-state index contributed by atoms with van der Waals surface area (Å²) < 4.78 is 0. The van der Waals surface area contributed by atoms with Crippen molar-refractivity contribution in [2.45, 2.75) is 19.0 Å². The Balaban J connectivity index is 2.31. The second kappa shape index (κ2) is 2.77. The number of hydrogen-bond acceptors (Lipinski definition) is 3. The number of nitrogens with zero attached hydrogens (tertiary/aromatic N) is 1. The second-order valence-corrected chi connectivity index (χ2v) is 2.07. The van der Waals surface area contributed by atoms with E-state index in [1.807, 2.05) is 6.42 Å². The van der Waals surface area contributed by atoms with Crippen LogP contribution in [-0.4, -0.2) is 17.6 Å². The summed E-state index contributed by atoms with van der Waals surface area (Å²) in [5.74, 6) is 0. The zero-order chi connectivity index (χ0) is 6.69. The van der Waals surface area contributed by atoms with Gasteiger partial charge in [-0.2, -0.15) is 0 Å². The summed E-state index contributed by atoms with van der Waals surface area (Å²) in [5, 5.41) is 12.9. The topological polar surface area (TPSA) is 55.2 Å². The highest BCUT2D eigenvalue weighted by atomic mass is 16.6. The molecule has 0 saturated carbocycles. The van der Waals surface area contributed by atoms with Crippen LogP contribution in [0.3, 0.4) is 0 Å². The van der Waals surface area contributed by atoms with Crippen LogP contribution in [-0.2, 0) is 0 Å². The maximum absolute atomic E-state index is 10.1. The van der Waals surface area contributed by atoms with Gasteiger partial charge >= 0.3 is 0 Å². The first kappa shape index (κ1) is 6.48. The molecule has 9 heavy (non-hydrogen) atoms. The Bertz CT molecular complexity index is 110. The van der Waals surface area contributed by atoms with Crippen LogP contribution in [0.2, 0.25) is 0 Å². The highest BCUT2D eigenvalue weighted by molar-refractivity contribution is 4.76. The monoisotopic (exact) mass is 129 g/mol. The van der Waals surface area contributed by atoms with Gasteiger partial charge in [0.05, 0.1) is 0 Å². The molecule has 1 N–H and O–H groups in total. The summed E-state index contributed by atoms with van der Waals surface area (Å²) in [6, 6.07) is 0. The first-order chi connectivity index (χ1) is 4.30. The van der Waals surface area contributed by atoms with Crippen LogP contribution in [0.15, 0.2) is 0 Å². The van der Waals surface area contributed by atoms with Gasteiger partial charge in [0.2, 0.25) is 0 Å². The minimum absolute atomic E-state index is 0.282. The van der Waals surface area contributed by atoms with Gasteiger partial charge in [0.25, 0.3) is 6.17 Å². The Labute approximate surface area is 53.4 Å². The summed E-state index contributed by atoms with van der Waals surface area (Å²) >= 11 is 0. The van der Waals surface area contributed by atoms with Crippen LogP contribution < -0.4 is 5.32 Å². The summed E-state index contributed by atoms with van der Waals surface area (Å²) in [6.07, 6.45) is 2.93. The third-order valence-electron chi connectivity index (χ3n) is 1.37. The Hall–Kier alpha value is -0.640. The minimum atomic E-state index is -0.529. The fourth-order valence-electron chi connectivity index (χ4n) is 0.872. The molecule has 4 nitrogen and oxygen atoms in total. The van der Waals surface area contributed by atoms with Crippen LogP contribution in [0, 0.1) is 16.5 Å². The van der Waals surface area contributed by atoms with Gasteiger partial charge in [-0.3, -0.25) is 15.4 Å². The van der Waals surface area contributed by atoms with Gasteiger partial charge < -0.3 is 0 Å². The Morgan fingerprint density at radius 3 is 2.89 bits per heavy atom. The molecule has 1 aliphatic heterocycles. The lowest BCUT2D eigenvalue weighted by molar-refractivity contribution is -0.530. The zero-order valence-electron chi connectivity index (χ0n) is 5.04. The molecule has 1 fully saturated rings. The van der Waals surface area contributed by atoms with Crippen LogP contribution in [0.25, 0.3) is 0 Å². The summed E-state index contributed by atoms with van der Waals surface area (Å²) in [4.78, 5) is 9.80. The smallest absolute Gasteiger partial charge is 0.263 e. The maximum Gasteiger partial charge on any atom is 0.266 e. The largest absolute Gasteiger partial charge is 0.266 e. The Morgan fingerprint density at radius 2 is 2.56 bits per heavy atom. The predicted octanol–water partition coefficient (Wildman–Crippen LogP) is 0.177. The molecule has 1 atom stereocenters. The molecular weight excluding hydrogens is 120 g/mol. The lowest BCUT2D eigenvalue weighted by Gasteiger charge is -2.15. The molecule has 0 aromatic rings. The van der Waals surface area contributed by atoms with E-state index >= 15 is 0 Å². The molecule has 1 aliphatic rings. The van der Waals surface area contributed by atoms with E-state index in [1.54, 1.807) is 0 Å². The molecular formula is C5H9N2O2. The van der Waals surface area contributed by atoms with E-state index in [4.69, 9.17) is 0 Å². The van der Waals surface area contributed by atoms with E-state index in [9.17, 15) is 10.1 Å². The highest BCUT2D eigenvalue weighted by Gasteiger charge is 2.21. The number of hydrogen-bond donors (Lipinski definition) is 1. The average Bonchev–Trinajstić information content (AvgIpc) is 1.90. The SMILES string of the molecule is O=[N+]([O-])C1C[CH]CCN1. The molecule has 0 amide bonds. The lowest BCUT2D eigenvalue weighted by Crippen LogP contribution is -2.40. The number of nitrogens with one attached hydrogen (secondary N) is 1. The Kier molecular flexibility index (Phi) is 2.00. The lowest BCUT2D eigenvalue weighted by atomic mass is 10.1. The Morgan fingerprint density at radius 1 is 1.78 bits per heavy atom. The molecule has 0 aromatic heterocycles. The van der Waals surface area contributed by atoms with Gasteiger partial charge in [-0.15, -0.1) is 0 Å². The first-order valence-electron chi connectivity index (χ1n) is 2.99. The summed E-state index contributed by atoms with van der Waals surface area (Å²) in [5.41, 5.74) is 0. The third kappa shape index (κ3) is 1.64. The van der Waals surface area contributed by atoms with E-state index in [-0.39, 0.29) is 4.92 Å². The fourth-order valence-corrected chi connectivity index (χ4v) is 0.872. The van der Waals surface area contributed by atoms with Crippen molar-refractivity contribution in [2.24, 2.45) is 0 Å². The van der Waals surface area contributed by atoms with Crippen molar-refractivity contribution in [3.05, 3.63) is 16.5 Å². The second-order valence-electron chi connectivity index (χ2n) is 2.07. The average molecular weight is 129 g/mol. The zero-order valence-corrected chi connectivity index (χ0v) is 5.04. The molecule has 1 radical (unpaired) electrons. The van der Waals surface area contributed by atoms with Crippen LogP contribution in [0.5, 0.6) is 0 Å². The summed E-state index contributed by atoms with van der Waals surface area (Å²) in [6.45, 7) is 0.742. The van der Waals surface area contributed by atoms with E-state index in [0.29, 0.717) is 6.42 Å². The molecule has 0 aromatic carbocycles. The van der Waals surface area contributed by atoms with Crippen LogP contribution in [0.4, 0.5) is 0 Å². The molecule has 0 spiro atoms. The normalized spacial score (nSPS) is 27.8. The fraction of sp³-hybridized carbons (Fsp3) is 0.800. The number of rotatable bonds is 1. The molecule has 1 unspecified atom stereocenters. The van der Waals surface area contributed by atoms with Gasteiger partial charge in [0.15, 0.2) is 0 Å². The van der Waals surface area contributed by atoms with Crippen molar-refractivity contribution in [1.29, 1.82) is 0 Å². The van der Waals surface area contributed by atoms with E-state index in [1.165, 1.54) is 0 Å². The third-order valence-corrected chi connectivity index (χ3v) is 1.37. The highest BCUT2D eigenvalue weighted by Crippen LogP contribution is 2.04. The van der Waals surface area contributed by atoms with Crippen molar-refractivity contribution in [1.82, 2.24) is 5.32 Å². The van der Waals surface area contributed by atoms with Crippen molar-refractivity contribution < 1.29 is 4.92 Å². The van der Waals surface area contributed by atoms with Crippen molar-refractivity contribution >= 4 is 0 Å². The van der Waals surface area contributed by atoms with Crippen molar-refractivity contribution in [3.63, 3.8) is 0 Å². The van der Waals surface area contributed by atoms with Crippen LogP contribution in [0.1, 0.15) is 12.8 Å². The number of nitro groups is 1. The molecule has 51 valence electrons. The van der Waals surface area contributed by atoms with Gasteiger partial charge in [0.1, 0.15) is 0 Å². The van der Waals surface area contributed by atoms with E-state index in [0.717, 1.165) is 13.0 Å². The quantitative estimate of drug-likeness (QED) is 0.405. The van der Waals surface area contributed by atoms with Crippen molar-refractivity contribution in [2.75, 3.05) is 6.54 Å². The van der Waals surface area contributed by atoms with Gasteiger partial charge in [0, 0.05) is 17.9 Å². The molecule has 0 aliphatic carbocycles. The first-order valence-corrected chi connectivity index (χ1v) is 2.99. The molecule has 1 rings (SSSR count). The van der Waals surface area contributed by atoms with Crippen molar-refractivity contribution in [3.8, 4) is 0 Å². The molecule has 0 bridgehead atoms. The van der Waals surface area contributed by atoms with Gasteiger partial charge in [-0.25, -0.2) is 0 Å². The summed E-state index contributed by atoms with van der Waals surface area (Å²) in [7, 11) is 0. The van der Waals surface area contributed by atoms with Crippen LogP contribution >= 0.6 is 0 Å². The molecule has 1 heterocycles. The van der Waals surface area contributed by atoms with E-state index in [2.05, 4.69) is 5.32 Å². The minimum Gasteiger partial charge on any atom is -0.263 e. The standard InChI is InChI=1S/C5H9N2O2/c8-7(9)5-3-1-2-4-6-5/h1,5-6H,2-4H2.